The molecule has 2 aromatic carbocycles. The van der Waals surface area contributed by atoms with Crippen molar-refractivity contribution >= 4 is 17.2 Å². The Morgan fingerprint density at radius 1 is 0.628 bits per heavy atom. The first-order valence-electron chi connectivity index (χ1n) is 15.9. The monoisotopic (exact) mass is 640 g/mol. The lowest BCUT2D eigenvalue weighted by molar-refractivity contribution is -0.0665. The number of hydrogen-bond donors (Lipinski definition) is 5. The lowest BCUT2D eigenvalue weighted by Gasteiger charge is -2.41. The van der Waals surface area contributed by atoms with Gasteiger partial charge in [-0.2, -0.15) is 0 Å². The zero-order chi connectivity index (χ0) is 31.7. The summed E-state index contributed by atoms with van der Waals surface area (Å²) >= 11 is 0. The second-order valence-corrected chi connectivity index (χ2v) is 12.9. The molecule has 0 radical (unpaired) electrons. The highest BCUT2D eigenvalue weighted by molar-refractivity contribution is 7.39. The Labute approximate surface area is 261 Å². The molecule has 1 atom stereocenters. The van der Waals surface area contributed by atoms with Gasteiger partial charge in [-0.15, -0.1) is 0 Å². The maximum atomic E-state index is 11.1. The SMILES string of the molecule is CCCCc1cccc(CCCC)c1OC(c1c(CCCC)cccc1CCCC)C(CO)(COP(O)O)COP(O)O. The predicted molar refractivity (Wildman–Crippen MR) is 175 cm³/mol. The predicted octanol–water partition coefficient (Wildman–Crippen LogP) is 7.61. The third-order valence-electron chi connectivity index (χ3n) is 7.97. The number of aliphatic hydroxyl groups excluding tert-OH is 1. The van der Waals surface area contributed by atoms with Crippen LogP contribution in [0, 0.1) is 5.41 Å². The molecular weight excluding hydrogens is 586 g/mol. The van der Waals surface area contributed by atoms with Crippen LogP contribution in [0.25, 0.3) is 0 Å². The minimum absolute atomic E-state index is 0.327. The third-order valence-corrected chi connectivity index (χ3v) is 8.69. The zero-order valence-electron chi connectivity index (χ0n) is 26.5. The van der Waals surface area contributed by atoms with E-state index in [0.29, 0.717) is 0 Å². The van der Waals surface area contributed by atoms with Gasteiger partial charge >= 0.3 is 17.2 Å². The van der Waals surface area contributed by atoms with Crippen LogP contribution in [-0.4, -0.2) is 44.5 Å². The molecule has 5 N–H and O–H groups in total. The van der Waals surface area contributed by atoms with E-state index in [1.807, 2.05) is 0 Å². The van der Waals surface area contributed by atoms with Crippen LogP contribution in [0.4, 0.5) is 0 Å². The number of rotatable bonds is 23. The van der Waals surface area contributed by atoms with Crippen LogP contribution in [0.1, 0.15) is 113 Å². The van der Waals surface area contributed by atoms with E-state index >= 15 is 0 Å². The molecular formula is C33H54O8P2. The van der Waals surface area contributed by atoms with Gasteiger partial charge in [0.05, 0.1) is 25.2 Å². The number of aliphatic hydroxyl groups is 1. The average molecular weight is 641 g/mol. The Morgan fingerprint density at radius 3 is 1.35 bits per heavy atom. The molecule has 8 nitrogen and oxygen atoms in total. The highest BCUT2D eigenvalue weighted by Crippen LogP contribution is 2.47. The normalized spacial score (nSPS) is 12.8. The van der Waals surface area contributed by atoms with Crippen LogP contribution in [-0.2, 0) is 34.7 Å². The van der Waals surface area contributed by atoms with Gasteiger partial charge < -0.3 is 38.5 Å². The van der Waals surface area contributed by atoms with Gasteiger partial charge in [-0.3, -0.25) is 0 Å². The van der Waals surface area contributed by atoms with E-state index in [9.17, 15) is 24.7 Å². The Kier molecular flexibility index (Phi) is 18.4. The molecule has 0 aromatic heterocycles. The Bertz CT molecular complexity index is 985. The highest BCUT2D eigenvalue weighted by atomic mass is 31.2. The second-order valence-electron chi connectivity index (χ2n) is 11.4. The molecule has 0 spiro atoms. The molecule has 0 heterocycles. The van der Waals surface area contributed by atoms with Crippen molar-refractivity contribution in [2.75, 3.05) is 19.8 Å². The van der Waals surface area contributed by atoms with Crippen molar-refractivity contribution in [2.24, 2.45) is 5.41 Å². The lowest BCUT2D eigenvalue weighted by Crippen LogP contribution is -2.44. The van der Waals surface area contributed by atoms with Crippen molar-refractivity contribution in [3.63, 3.8) is 0 Å². The number of benzene rings is 2. The molecule has 0 saturated carbocycles. The number of ether oxygens (including phenoxy) is 1. The van der Waals surface area contributed by atoms with Crippen LogP contribution in [0.3, 0.4) is 0 Å². The number of para-hydroxylation sites is 1. The third kappa shape index (κ3) is 11.9. The van der Waals surface area contributed by atoms with Gasteiger partial charge in [0.2, 0.25) is 0 Å². The first-order chi connectivity index (χ1) is 20.8. The molecule has 0 aliphatic rings. The summed E-state index contributed by atoms with van der Waals surface area (Å²) in [5.41, 5.74) is 3.87. The fourth-order valence-corrected chi connectivity index (χ4v) is 6.18. The maximum Gasteiger partial charge on any atom is 0.327 e. The fourth-order valence-electron chi connectivity index (χ4n) is 5.44. The van der Waals surface area contributed by atoms with Crippen molar-refractivity contribution < 1.29 is 38.5 Å². The van der Waals surface area contributed by atoms with Crippen molar-refractivity contribution in [2.45, 2.75) is 111 Å². The first-order valence-corrected chi connectivity index (χ1v) is 18.2. The number of unbranched alkanes of at least 4 members (excludes halogenated alkanes) is 4. The minimum atomic E-state index is -2.75. The van der Waals surface area contributed by atoms with Gasteiger partial charge in [0.25, 0.3) is 0 Å². The van der Waals surface area contributed by atoms with Gasteiger partial charge in [0.1, 0.15) is 11.9 Å². The fraction of sp³-hybridized carbons (Fsp3) is 0.636. The van der Waals surface area contributed by atoms with Crippen LogP contribution < -0.4 is 4.74 Å². The average Bonchev–Trinajstić information content (AvgIpc) is 3.00. The summed E-state index contributed by atoms with van der Waals surface area (Å²) in [4.78, 5) is 39.2. The van der Waals surface area contributed by atoms with E-state index in [4.69, 9.17) is 13.8 Å². The summed E-state index contributed by atoms with van der Waals surface area (Å²) in [5, 5.41) is 11.1. The Hall–Kier alpha value is -1.18. The standard InChI is InChI=1S/C33H54O8P2/c1-5-9-15-26-19-13-20-27(16-10-6-2)30(26)32(33(23-34,24-39-42(35)36)25-40-43(37)38)41-31-28(17-11-7-3)21-14-22-29(31)18-12-8-4/h13-14,19-22,32,34-38H,5-12,15-18,23-25H2,1-4H3. The summed E-state index contributed by atoms with van der Waals surface area (Å²) in [5.74, 6) is 0.768. The molecule has 0 fully saturated rings. The lowest BCUT2D eigenvalue weighted by atomic mass is 9.76. The minimum Gasteiger partial charge on any atom is -0.484 e. The summed E-state index contributed by atoms with van der Waals surface area (Å²) < 4.78 is 18.0. The van der Waals surface area contributed by atoms with Crippen molar-refractivity contribution in [3.05, 3.63) is 64.2 Å². The van der Waals surface area contributed by atoms with Crippen LogP contribution >= 0.6 is 17.2 Å². The molecule has 2 rings (SSSR count). The van der Waals surface area contributed by atoms with Crippen LogP contribution in [0.15, 0.2) is 36.4 Å². The van der Waals surface area contributed by atoms with E-state index in [1.54, 1.807) is 0 Å². The van der Waals surface area contributed by atoms with Gasteiger partial charge in [-0.05, 0) is 79.2 Å². The van der Waals surface area contributed by atoms with Crippen molar-refractivity contribution in [1.29, 1.82) is 0 Å². The second kappa shape index (κ2) is 20.8. The number of aryl methyl sites for hydroxylation is 4. The van der Waals surface area contributed by atoms with Crippen LogP contribution in [0.5, 0.6) is 5.75 Å². The van der Waals surface area contributed by atoms with Gasteiger partial charge in [0.15, 0.2) is 0 Å². The number of hydrogen-bond acceptors (Lipinski definition) is 8. The van der Waals surface area contributed by atoms with E-state index in [0.717, 1.165) is 111 Å². The molecule has 244 valence electrons. The quantitative estimate of drug-likeness (QED) is 0.0786. The van der Waals surface area contributed by atoms with Gasteiger partial charge in [-0.25, -0.2) is 0 Å². The van der Waals surface area contributed by atoms with Crippen molar-refractivity contribution in [1.82, 2.24) is 0 Å². The molecule has 1 unspecified atom stereocenters. The van der Waals surface area contributed by atoms with Crippen LogP contribution in [0.2, 0.25) is 0 Å². The summed E-state index contributed by atoms with van der Waals surface area (Å²) in [6.45, 7) is 7.44. The molecule has 0 amide bonds. The van der Waals surface area contributed by atoms with E-state index in [1.165, 1.54) is 0 Å². The summed E-state index contributed by atoms with van der Waals surface area (Å²) in [6, 6.07) is 12.5. The smallest absolute Gasteiger partial charge is 0.327 e. The zero-order valence-corrected chi connectivity index (χ0v) is 28.3. The highest BCUT2D eigenvalue weighted by Gasteiger charge is 2.46. The molecule has 0 aliphatic heterocycles. The van der Waals surface area contributed by atoms with E-state index in [-0.39, 0.29) is 13.2 Å². The van der Waals surface area contributed by atoms with E-state index < -0.39 is 35.3 Å². The summed E-state index contributed by atoms with van der Waals surface area (Å²) in [7, 11) is -5.51. The topological polar surface area (TPSA) is 129 Å². The molecule has 0 aliphatic carbocycles. The van der Waals surface area contributed by atoms with Gasteiger partial charge in [-0.1, -0.05) is 89.8 Å². The molecule has 0 saturated heterocycles. The molecule has 0 bridgehead atoms. The largest absolute Gasteiger partial charge is 0.484 e. The molecule has 43 heavy (non-hydrogen) atoms. The maximum absolute atomic E-state index is 11.1. The Morgan fingerprint density at radius 2 is 1.00 bits per heavy atom. The molecule has 10 heteroatoms. The summed E-state index contributed by atoms with van der Waals surface area (Å²) in [6.07, 6.45) is 10.4. The van der Waals surface area contributed by atoms with Gasteiger partial charge in [0, 0.05) is 0 Å². The molecule has 2 aromatic rings. The van der Waals surface area contributed by atoms with Crippen molar-refractivity contribution in [3.8, 4) is 5.75 Å². The first kappa shape index (κ1) is 38.0. The Balaban J connectivity index is 2.92. The van der Waals surface area contributed by atoms with E-state index in [2.05, 4.69) is 64.1 Å².